The molecular formula is C57H108N6. The quantitative estimate of drug-likeness (QED) is 0.240. The third kappa shape index (κ3) is 16.2. The van der Waals surface area contributed by atoms with Gasteiger partial charge in [0.2, 0.25) is 0 Å². The van der Waals surface area contributed by atoms with Gasteiger partial charge in [-0.3, -0.25) is 0 Å². The molecule has 0 bridgehead atoms. The molecule has 12 saturated heterocycles. The average molecular weight is 878 g/mol. The zero-order valence-electron chi connectivity index (χ0n) is 43.2. The van der Waals surface area contributed by atoms with Crippen molar-refractivity contribution >= 4 is 0 Å². The summed E-state index contributed by atoms with van der Waals surface area (Å²) in [7, 11) is 0. The third-order valence-electron chi connectivity index (χ3n) is 19.0. The predicted molar refractivity (Wildman–Crippen MR) is 272 cm³/mol. The molecule has 12 heterocycles. The largest absolute Gasteiger partial charge is 0.300 e. The van der Waals surface area contributed by atoms with Crippen LogP contribution in [-0.4, -0.2) is 144 Å². The number of piperidine rings is 5. The number of rotatable bonds is 0. The Balaban J connectivity index is 0.000000114. The summed E-state index contributed by atoms with van der Waals surface area (Å²) in [6.45, 7) is 31.0. The Morgan fingerprint density at radius 3 is 0.984 bits per heavy atom. The van der Waals surface area contributed by atoms with Gasteiger partial charge < -0.3 is 29.4 Å². The second kappa shape index (κ2) is 26.5. The molecule has 12 unspecified atom stereocenters. The van der Waals surface area contributed by atoms with E-state index >= 15 is 0 Å². The molecular weight excluding hydrogens is 769 g/mol. The van der Waals surface area contributed by atoms with Gasteiger partial charge in [-0.2, -0.15) is 0 Å². The fourth-order valence-electron chi connectivity index (χ4n) is 15.2. The summed E-state index contributed by atoms with van der Waals surface area (Å²) in [5.41, 5.74) is 0. The molecule has 0 aromatic heterocycles. The second-order valence-electron chi connectivity index (χ2n) is 24.9. The normalized spacial score (nSPS) is 40.9. The summed E-state index contributed by atoms with van der Waals surface area (Å²) >= 11 is 0. The number of fused-ring (bicyclic) bond motifs is 6. The van der Waals surface area contributed by atoms with Gasteiger partial charge >= 0.3 is 0 Å². The Kier molecular flexibility index (Phi) is 21.3. The van der Waals surface area contributed by atoms with Crippen molar-refractivity contribution in [1.29, 1.82) is 0 Å². The van der Waals surface area contributed by atoms with Gasteiger partial charge in [0.25, 0.3) is 0 Å². The lowest BCUT2D eigenvalue weighted by Gasteiger charge is -2.41. The summed E-state index contributed by atoms with van der Waals surface area (Å²) in [6.07, 6.45) is 39.6. The Hall–Kier alpha value is -0.240. The topological polar surface area (TPSA) is 19.4 Å². The Morgan fingerprint density at radius 1 is 0.206 bits per heavy atom. The third-order valence-corrected chi connectivity index (χ3v) is 19.0. The van der Waals surface area contributed by atoms with E-state index in [1.807, 2.05) is 0 Å². The van der Waals surface area contributed by atoms with E-state index in [4.69, 9.17) is 0 Å². The molecule has 0 N–H and O–H groups in total. The molecule has 12 rings (SSSR count). The van der Waals surface area contributed by atoms with E-state index in [9.17, 15) is 0 Å². The first-order valence-electron chi connectivity index (χ1n) is 29.1. The van der Waals surface area contributed by atoms with Crippen LogP contribution in [0.4, 0.5) is 0 Å². The molecule has 0 spiro atoms. The van der Waals surface area contributed by atoms with Crippen molar-refractivity contribution < 1.29 is 0 Å². The number of hydrogen-bond donors (Lipinski definition) is 0. The highest BCUT2D eigenvalue weighted by Crippen LogP contribution is 2.34. The van der Waals surface area contributed by atoms with Crippen LogP contribution in [0.2, 0.25) is 0 Å². The summed E-state index contributed by atoms with van der Waals surface area (Å²) in [5.74, 6) is 5.90. The first kappa shape index (κ1) is 50.6. The van der Waals surface area contributed by atoms with Crippen LogP contribution >= 0.6 is 0 Å². The minimum absolute atomic E-state index is 0.962. The molecule has 63 heavy (non-hydrogen) atoms. The molecule has 12 atom stereocenters. The lowest BCUT2D eigenvalue weighted by molar-refractivity contribution is 0.0839. The lowest BCUT2D eigenvalue weighted by atomic mass is 9.87. The summed E-state index contributed by atoms with van der Waals surface area (Å²) in [4.78, 5) is 16.2. The van der Waals surface area contributed by atoms with Crippen molar-refractivity contribution in [3.8, 4) is 0 Å². The fraction of sp³-hybridized carbons (Fsp3) is 1.00. The van der Waals surface area contributed by atoms with Gasteiger partial charge in [0.05, 0.1) is 0 Å². The molecule has 366 valence electrons. The predicted octanol–water partition coefficient (Wildman–Crippen LogP) is 12.5. The minimum atomic E-state index is 0.962. The highest BCUT2D eigenvalue weighted by molar-refractivity contribution is 4.89. The average Bonchev–Trinajstić information content (AvgIpc) is 4.10. The standard InChI is InChI=1S/C11H21N.2C10H19N.2C9H17N.C8H15N/c1-10-5-6-11-4-2-3-8-12(11)9-7-10;1-9-5-7-11-6-3-2-4-10(11)8-9;1-9-7-10-5-3-2-4-6-11(10)8-9;1-8-4-6-10-5-2-3-9(10)7-8;1-8-6-9-4-2-3-5-10(9)7-8;1-7-5-8-3-2-4-9(8)6-7/h10-11H,2-9H2,1H3;2*9-10H,2-8H2,1H3;2*8-9H,2-7H2,1H3;7-8H,2-6H2,1H3. The number of hydrogen-bond acceptors (Lipinski definition) is 6. The van der Waals surface area contributed by atoms with Gasteiger partial charge in [-0.25, -0.2) is 0 Å². The van der Waals surface area contributed by atoms with Crippen LogP contribution in [0.1, 0.15) is 215 Å². The molecule has 6 heteroatoms. The van der Waals surface area contributed by atoms with E-state index in [1.165, 1.54) is 252 Å². The molecule has 6 nitrogen and oxygen atoms in total. The van der Waals surface area contributed by atoms with Gasteiger partial charge in [0.15, 0.2) is 0 Å². The molecule has 12 aliphatic heterocycles. The van der Waals surface area contributed by atoms with Gasteiger partial charge in [0, 0.05) is 55.9 Å². The van der Waals surface area contributed by atoms with Crippen LogP contribution in [0, 0.1) is 35.5 Å². The Bertz CT molecular complexity index is 1190. The molecule has 0 saturated carbocycles. The zero-order chi connectivity index (χ0) is 44.0. The van der Waals surface area contributed by atoms with Crippen molar-refractivity contribution in [1.82, 2.24) is 29.4 Å². The van der Waals surface area contributed by atoms with E-state index in [0.29, 0.717) is 0 Å². The van der Waals surface area contributed by atoms with Crippen LogP contribution in [0.3, 0.4) is 0 Å². The Labute approximate surface area is 393 Å². The van der Waals surface area contributed by atoms with Crippen molar-refractivity contribution in [2.45, 2.75) is 251 Å². The van der Waals surface area contributed by atoms with Gasteiger partial charge in [-0.05, 0) is 236 Å². The van der Waals surface area contributed by atoms with Crippen LogP contribution in [0.15, 0.2) is 0 Å². The maximum Gasteiger partial charge on any atom is 0.00988 e. The highest BCUT2D eigenvalue weighted by atomic mass is 15.2. The maximum atomic E-state index is 2.74. The van der Waals surface area contributed by atoms with Crippen molar-refractivity contribution in [3.05, 3.63) is 0 Å². The summed E-state index contributed by atoms with van der Waals surface area (Å²) in [6, 6.07) is 5.83. The fourth-order valence-corrected chi connectivity index (χ4v) is 15.2. The molecule has 0 aliphatic carbocycles. The van der Waals surface area contributed by atoms with Gasteiger partial charge in [0.1, 0.15) is 0 Å². The van der Waals surface area contributed by atoms with E-state index in [2.05, 4.69) is 70.9 Å². The maximum absolute atomic E-state index is 2.74. The molecule has 12 aliphatic rings. The zero-order valence-corrected chi connectivity index (χ0v) is 43.2. The van der Waals surface area contributed by atoms with Crippen LogP contribution < -0.4 is 0 Å². The summed E-state index contributed by atoms with van der Waals surface area (Å²) < 4.78 is 0. The molecule has 0 amide bonds. The molecule has 0 aromatic carbocycles. The lowest BCUT2D eigenvalue weighted by Crippen LogP contribution is -2.44. The first-order chi connectivity index (χ1) is 30.7. The summed E-state index contributed by atoms with van der Waals surface area (Å²) in [5, 5.41) is 0. The van der Waals surface area contributed by atoms with Crippen molar-refractivity contribution in [2.24, 2.45) is 35.5 Å². The van der Waals surface area contributed by atoms with E-state index in [-0.39, 0.29) is 0 Å². The van der Waals surface area contributed by atoms with Crippen molar-refractivity contribution in [3.63, 3.8) is 0 Å². The molecule has 12 fully saturated rings. The van der Waals surface area contributed by atoms with Crippen LogP contribution in [0.5, 0.6) is 0 Å². The van der Waals surface area contributed by atoms with E-state index < -0.39 is 0 Å². The first-order valence-corrected chi connectivity index (χ1v) is 29.1. The van der Waals surface area contributed by atoms with Gasteiger partial charge in [-0.1, -0.05) is 73.6 Å². The van der Waals surface area contributed by atoms with Crippen LogP contribution in [0.25, 0.3) is 0 Å². The second-order valence-corrected chi connectivity index (χ2v) is 24.9. The number of nitrogens with zero attached hydrogens (tertiary/aromatic N) is 6. The SMILES string of the molecule is CC1CC2CCCCCN2C1.CC1CC2CCCCN2C1.CC1CC2CCCN2C1.CC1CCC2CCCCN2CC1.CC1CCN2CCCC2C1.CC1CCN2CCCCC2C1. The molecule has 0 radical (unpaired) electrons. The van der Waals surface area contributed by atoms with Gasteiger partial charge in [-0.15, -0.1) is 0 Å². The highest BCUT2D eigenvalue weighted by Gasteiger charge is 2.34. The van der Waals surface area contributed by atoms with E-state index in [0.717, 1.165) is 71.8 Å². The smallest absolute Gasteiger partial charge is 0.00988 e. The monoisotopic (exact) mass is 877 g/mol. The van der Waals surface area contributed by atoms with Crippen LogP contribution in [-0.2, 0) is 0 Å². The Morgan fingerprint density at radius 2 is 0.508 bits per heavy atom. The molecule has 0 aromatic rings. The minimum Gasteiger partial charge on any atom is -0.300 e. The van der Waals surface area contributed by atoms with E-state index in [1.54, 1.807) is 0 Å². The van der Waals surface area contributed by atoms with Crippen molar-refractivity contribution in [2.75, 3.05) is 78.5 Å².